The molecule has 2 aliphatic rings. The van der Waals surface area contributed by atoms with Gasteiger partial charge in [0.05, 0.1) is 0 Å². The van der Waals surface area contributed by atoms with Crippen molar-refractivity contribution in [2.75, 3.05) is 0 Å². The second-order valence-electron chi connectivity index (χ2n) is 3.72. The lowest BCUT2D eigenvalue weighted by Crippen LogP contribution is -2.23. The van der Waals surface area contributed by atoms with Crippen LogP contribution in [-0.4, -0.2) is 0 Å². The van der Waals surface area contributed by atoms with E-state index >= 15 is 0 Å². The van der Waals surface area contributed by atoms with Crippen LogP contribution in [0.25, 0.3) is 0 Å². The lowest BCUT2D eigenvalue weighted by molar-refractivity contribution is 0.226. The summed E-state index contributed by atoms with van der Waals surface area (Å²) >= 11 is 0. The van der Waals surface area contributed by atoms with Gasteiger partial charge in [-0.2, -0.15) is 0 Å². The summed E-state index contributed by atoms with van der Waals surface area (Å²) < 4.78 is 0. The summed E-state index contributed by atoms with van der Waals surface area (Å²) in [4.78, 5) is 0. The predicted octanol–water partition coefficient (Wildman–Crippen LogP) is 3.00. The Hall–Kier alpha value is 0. The van der Waals surface area contributed by atoms with Crippen LogP contribution in [0.3, 0.4) is 0 Å². The largest absolute Gasteiger partial charge is 0.0499 e. The minimum Gasteiger partial charge on any atom is -0.0499 e. The molecule has 0 aromatic carbocycles. The third kappa shape index (κ3) is 1.21. The van der Waals surface area contributed by atoms with Crippen LogP contribution in [-0.2, 0) is 0 Å². The molecular formula is C10H16. The quantitative estimate of drug-likeness (QED) is 0.480. The fraction of sp³-hybridized carbons (Fsp3) is 0.800. The van der Waals surface area contributed by atoms with Gasteiger partial charge in [0.25, 0.3) is 0 Å². The molecule has 0 aromatic heterocycles. The normalized spacial score (nSPS) is 40.8. The van der Waals surface area contributed by atoms with Crippen LogP contribution in [0.2, 0.25) is 0 Å². The fourth-order valence-corrected chi connectivity index (χ4v) is 2.42. The van der Waals surface area contributed by atoms with Crippen molar-refractivity contribution in [1.82, 2.24) is 0 Å². The highest BCUT2D eigenvalue weighted by molar-refractivity contribution is 4.90. The van der Waals surface area contributed by atoms with Crippen molar-refractivity contribution in [3.05, 3.63) is 12.8 Å². The fourth-order valence-electron chi connectivity index (χ4n) is 2.42. The molecule has 0 bridgehead atoms. The average Bonchev–Trinajstić information content (AvgIpc) is 2.05. The molecular weight excluding hydrogens is 120 g/mol. The highest BCUT2D eigenvalue weighted by Crippen LogP contribution is 2.39. The minimum absolute atomic E-state index is 1.07. The van der Waals surface area contributed by atoms with Gasteiger partial charge in [0, 0.05) is 0 Å². The summed E-state index contributed by atoms with van der Waals surface area (Å²) in [5.74, 6) is 2.14. The van der Waals surface area contributed by atoms with Gasteiger partial charge in [-0.25, -0.2) is 0 Å². The molecule has 0 saturated heterocycles. The molecule has 2 rings (SSSR count). The molecule has 10 heavy (non-hydrogen) atoms. The molecule has 0 heterocycles. The smallest absolute Gasteiger partial charge is 0.0383 e. The van der Waals surface area contributed by atoms with Crippen molar-refractivity contribution < 1.29 is 0 Å². The Kier molecular flexibility index (Phi) is 1.97. The molecule has 2 fully saturated rings. The second-order valence-corrected chi connectivity index (χ2v) is 3.72. The Balaban J connectivity index is 1.93. The first-order valence-corrected chi connectivity index (χ1v) is 4.60. The van der Waals surface area contributed by atoms with E-state index in [0.717, 1.165) is 11.8 Å². The second kappa shape index (κ2) is 2.94. The molecule has 2 radical (unpaired) electrons. The number of rotatable bonds is 0. The average molecular weight is 136 g/mol. The van der Waals surface area contributed by atoms with E-state index in [4.69, 9.17) is 0 Å². The Labute approximate surface area is 64.0 Å². The first-order chi connectivity index (χ1) is 4.97. The number of fused-ring (bicyclic) bond motifs is 1. The zero-order valence-corrected chi connectivity index (χ0v) is 6.55. The van der Waals surface area contributed by atoms with Gasteiger partial charge in [0.1, 0.15) is 0 Å². The van der Waals surface area contributed by atoms with Gasteiger partial charge in [-0.15, -0.1) is 0 Å². The van der Waals surface area contributed by atoms with Crippen LogP contribution in [0.15, 0.2) is 0 Å². The van der Waals surface area contributed by atoms with Crippen molar-refractivity contribution >= 4 is 0 Å². The van der Waals surface area contributed by atoms with Crippen molar-refractivity contribution in [3.63, 3.8) is 0 Å². The van der Waals surface area contributed by atoms with Crippen LogP contribution in [0, 0.1) is 24.7 Å². The van der Waals surface area contributed by atoms with E-state index in [1.807, 2.05) is 0 Å². The van der Waals surface area contributed by atoms with Gasteiger partial charge in [0.2, 0.25) is 0 Å². The molecule has 0 nitrogen and oxygen atoms in total. The highest BCUT2D eigenvalue weighted by Gasteiger charge is 2.27. The summed E-state index contributed by atoms with van der Waals surface area (Å²) in [7, 11) is 0. The molecule has 0 spiro atoms. The molecule has 56 valence electrons. The zero-order chi connectivity index (χ0) is 6.81. The van der Waals surface area contributed by atoms with Gasteiger partial charge in [-0.05, 0) is 63.2 Å². The van der Waals surface area contributed by atoms with Crippen LogP contribution < -0.4 is 0 Å². The lowest BCUT2D eigenvalue weighted by Gasteiger charge is -2.34. The number of hydrogen-bond acceptors (Lipinski definition) is 0. The van der Waals surface area contributed by atoms with Gasteiger partial charge in [-0.3, -0.25) is 0 Å². The molecule has 0 heteroatoms. The molecule has 2 aliphatic carbocycles. The highest BCUT2D eigenvalue weighted by atomic mass is 14.3. The predicted molar refractivity (Wildman–Crippen MR) is 43.3 cm³/mol. The molecule has 2 atom stereocenters. The van der Waals surface area contributed by atoms with Gasteiger partial charge >= 0.3 is 0 Å². The Morgan fingerprint density at radius 3 is 1.80 bits per heavy atom. The van der Waals surface area contributed by atoms with Crippen LogP contribution in [0.5, 0.6) is 0 Å². The molecule has 2 saturated carbocycles. The SMILES string of the molecule is [CH]1CC[C@@H]2C[CH]CC[C@H]2C1. The van der Waals surface area contributed by atoms with Gasteiger partial charge in [-0.1, -0.05) is 0 Å². The van der Waals surface area contributed by atoms with E-state index in [0.29, 0.717) is 0 Å². The van der Waals surface area contributed by atoms with Crippen molar-refractivity contribution in [2.45, 2.75) is 38.5 Å². The Bertz CT molecular complexity index is 80.6. The first-order valence-electron chi connectivity index (χ1n) is 4.60. The van der Waals surface area contributed by atoms with E-state index in [9.17, 15) is 0 Å². The van der Waals surface area contributed by atoms with Crippen molar-refractivity contribution in [1.29, 1.82) is 0 Å². The topological polar surface area (TPSA) is 0 Å². The van der Waals surface area contributed by atoms with Crippen LogP contribution in [0.1, 0.15) is 38.5 Å². The van der Waals surface area contributed by atoms with Gasteiger partial charge < -0.3 is 0 Å². The summed E-state index contributed by atoms with van der Waals surface area (Å²) in [5.41, 5.74) is 0. The van der Waals surface area contributed by atoms with Gasteiger partial charge in [0.15, 0.2) is 0 Å². The monoisotopic (exact) mass is 136 g/mol. The number of hydrogen-bond donors (Lipinski definition) is 0. The van der Waals surface area contributed by atoms with Crippen molar-refractivity contribution in [2.24, 2.45) is 11.8 Å². The van der Waals surface area contributed by atoms with Crippen molar-refractivity contribution in [3.8, 4) is 0 Å². The minimum atomic E-state index is 1.07. The van der Waals surface area contributed by atoms with E-state index in [1.54, 1.807) is 0 Å². The lowest BCUT2D eigenvalue weighted by atomic mass is 9.71. The molecule has 0 unspecified atom stereocenters. The molecule has 0 amide bonds. The zero-order valence-electron chi connectivity index (χ0n) is 6.55. The Morgan fingerprint density at radius 1 is 0.800 bits per heavy atom. The Morgan fingerprint density at radius 2 is 1.30 bits per heavy atom. The summed E-state index contributed by atoms with van der Waals surface area (Å²) in [6, 6.07) is 0. The van der Waals surface area contributed by atoms with E-state index in [2.05, 4.69) is 12.8 Å². The third-order valence-electron chi connectivity index (χ3n) is 3.09. The van der Waals surface area contributed by atoms with E-state index in [1.165, 1.54) is 38.5 Å². The maximum absolute atomic E-state index is 2.49. The van der Waals surface area contributed by atoms with E-state index < -0.39 is 0 Å². The molecule has 0 N–H and O–H groups in total. The maximum atomic E-state index is 2.49. The summed E-state index contributed by atoms with van der Waals surface area (Å²) in [5, 5.41) is 0. The van der Waals surface area contributed by atoms with Crippen LogP contribution >= 0.6 is 0 Å². The third-order valence-corrected chi connectivity index (χ3v) is 3.09. The summed E-state index contributed by atoms with van der Waals surface area (Å²) in [6.45, 7) is 0. The van der Waals surface area contributed by atoms with E-state index in [-0.39, 0.29) is 0 Å². The van der Waals surface area contributed by atoms with Crippen LogP contribution in [0.4, 0.5) is 0 Å². The molecule has 0 aliphatic heterocycles. The maximum Gasteiger partial charge on any atom is -0.0383 e. The summed E-state index contributed by atoms with van der Waals surface area (Å²) in [6.07, 6.45) is 13.5. The molecule has 0 aromatic rings. The standard InChI is InChI=1S/C10H16/c1-2-6-10-8-4-3-7-9(10)5-1/h1,4,9-10H,2-3,5-8H2/t9-,10-. The first kappa shape index (κ1) is 6.69.